The monoisotopic (exact) mass is 231 g/mol. The van der Waals surface area contributed by atoms with Gasteiger partial charge in [-0.05, 0) is 19.1 Å². The molecule has 1 aliphatic rings. The van der Waals surface area contributed by atoms with Gasteiger partial charge in [0.2, 0.25) is 5.54 Å². The maximum Gasteiger partial charge on any atom is 0.357 e. The molecule has 0 fully saturated rings. The first-order valence-corrected chi connectivity index (χ1v) is 5.95. The van der Waals surface area contributed by atoms with Gasteiger partial charge >= 0.3 is 5.91 Å². The fourth-order valence-electron chi connectivity index (χ4n) is 2.09. The summed E-state index contributed by atoms with van der Waals surface area (Å²) in [5.41, 5.74) is 0.549. The van der Waals surface area contributed by atoms with Gasteiger partial charge in [-0.1, -0.05) is 32.0 Å². The molecule has 3 nitrogen and oxygen atoms in total. The van der Waals surface area contributed by atoms with Crippen molar-refractivity contribution in [1.29, 1.82) is 0 Å². The molecule has 3 heteroatoms. The molecule has 0 aromatic heterocycles. The highest BCUT2D eigenvalue weighted by Gasteiger charge is 2.51. The van der Waals surface area contributed by atoms with E-state index in [1.54, 1.807) is 4.90 Å². The Morgan fingerprint density at radius 1 is 1.24 bits per heavy atom. The van der Waals surface area contributed by atoms with Gasteiger partial charge in [0.15, 0.2) is 0 Å². The summed E-state index contributed by atoms with van der Waals surface area (Å²) in [7, 11) is 1.82. The molecular formula is C14H19N2O+. The highest BCUT2D eigenvalue weighted by atomic mass is 16.2. The third-order valence-corrected chi connectivity index (χ3v) is 3.66. The third kappa shape index (κ3) is 1.75. The van der Waals surface area contributed by atoms with Crippen molar-refractivity contribution in [2.45, 2.75) is 26.3 Å². The summed E-state index contributed by atoms with van der Waals surface area (Å²) < 4.78 is 0. The molecule has 1 aromatic carbocycles. The van der Waals surface area contributed by atoms with Crippen LogP contribution in [0.25, 0.3) is 0 Å². The molecule has 1 heterocycles. The number of hydrogen-bond donors (Lipinski definition) is 1. The largest absolute Gasteiger partial charge is 0.357 e. The van der Waals surface area contributed by atoms with Crippen molar-refractivity contribution in [1.82, 2.24) is 4.90 Å². The number of carbonyl (C=O) groups excluding carboxylic acids is 1. The van der Waals surface area contributed by atoms with E-state index >= 15 is 0 Å². The fraction of sp³-hybridized carbons (Fsp3) is 0.429. The van der Waals surface area contributed by atoms with Crippen LogP contribution in [0.2, 0.25) is 0 Å². The van der Waals surface area contributed by atoms with Crippen molar-refractivity contribution in [2.75, 3.05) is 7.05 Å². The van der Waals surface area contributed by atoms with Crippen LogP contribution < -0.4 is 4.99 Å². The molecule has 0 unspecified atom stereocenters. The number of amides is 1. The third-order valence-electron chi connectivity index (χ3n) is 3.66. The van der Waals surface area contributed by atoms with Crippen LogP contribution in [-0.2, 0) is 4.79 Å². The Kier molecular flexibility index (Phi) is 2.77. The minimum Gasteiger partial charge on any atom is -0.257 e. The maximum atomic E-state index is 12.3. The second-order valence-electron chi connectivity index (χ2n) is 5.06. The van der Waals surface area contributed by atoms with E-state index in [1.807, 2.05) is 44.3 Å². The molecule has 0 spiro atoms. The summed E-state index contributed by atoms with van der Waals surface area (Å²) in [5, 5.41) is 0. The lowest BCUT2D eigenvalue weighted by Crippen LogP contribution is -2.86. The van der Waals surface area contributed by atoms with Gasteiger partial charge < -0.3 is 0 Å². The Labute approximate surface area is 102 Å². The van der Waals surface area contributed by atoms with Crippen LogP contribution in [0.3, 0.4) is 0 Å². The number of nitrogens with one attached hydrogen (secondary N) is 1. The van der Waals surface area contributed by atoms with Gasteiger partial charge in [0.05, 0.1) is 12.6 Å². The van der Waals surface area contributed by atoms with E-state index in [1.165, 1.54) is 0 Å². The van der Waals surface area contributed by atoms with Gasteiger partial charge in [0.1, 0.15) is 0 Å². The van der Waals surface area contributed by atoms with Crippen LogP contribution in [0, 0.1) is 5.92 Å². The molecule has 2 rings (SSSR count). The van der Waals surface area contributed by atoms with Crippen LogP contribution in [0.1, 0.15) is 26.3 Å². The number of benzene rings is 1. The van der Waals surface area contributed by atoms with Crippen molar-refractivity contribution in [3.05, 3.63) is 35.9 Å². The van der Waals surface area contributed by atoms with Crippen LogP contribution in [0.15, 0.2) is 30.3 Å². The molecule has 90 valence electrons. The van der Waals surface area contributed by atoms with E-state index in [2.05, 4.69) is 18.8 Å². The molecule has 0 saturated heterocycles. The van der Waals surface area contributed by atoms with Gasteiger partial charge in [-0.25, -0.2) is 4.79 Å². The molecule has 1 aliphatic heterocycles. The Morgan fingerprint density at radius 3 is 2.29 bits per heavy atom. The summed E-state index contributed by atoms with van der Waals surface area (Å²) >= 11 is 0. The van der Waals surface area contributed by atoms with E-state index < -0.39 is 5.54 Å². The van der Waals surface area contributed by atoms with Gasteiger partial charge in [0.25, 0.3) is 5.84 Å². The number of nitrogens with zero attached hydrogens (tertiary/aromatic N) is 1. The first-order chi connectivity index (χ1) is 7.97. The summed E-state index contributed by atoms with van der Waals surface area (Å²) in [6, 6.07) is 9.96. The van der Waals surface area contributed by atoms with Crippen molar-refractivity contribution in [3.8, 4) is 0 Å². The number of carbonyl (C=O) groups is 1. The van der Waals surface area contributed by atoms with Gasteiger partial charge in [0, 0.05) is 5.92 Å². The van der Waals surface area contributed by atoms with Gasteiger partial charge in [-0.2, -0.15) is 4.90 Å². The molecule has 1 N–H and O–H groups in total. The zero-order chi connectivity index (χ0) is 12.6. The Hall–Kier alpha value is -1.64. The quantitative estimate of drug-likeness (QED) is 0.785. The lowest BCUT2D eigenvalue weighted by Gasteiger charge is -2.18. The summed E-state index contributed by atoms with van der Waals surface area (Å²) in [6.45, 7) is 6.09. The molecule has 0 saturated carbocycles. The molecule has 0 bridgehead atoms. The SMILES string of the molecule is CC(C)[C@]1(C)[NH+]=C(c2ccccc2)N(C)C1=O. The minimum atomic E-state index is -0.500. The van der Waals surface area contributed by atoms with Crippen LogP contribution >= 0.6 is 0 Å². The Bertz CT molecular complexity index is 464. The predicted molar refractivity (Wildman–Crippen MR) is 67.5 cm³/mol. The fourth-order valence-corrected chi connectivity index (χ4v) is 2.09. The van der Waals surface area contributed by atoms with E-state index in [4.69, 9.17) is 0 Å². The van der Waals surface area contributed by atoms with E-state index in [-0.39, 0.29) is 11.8 Å². The Morgan fingerprint density at radius 2 is 1.82 bits per heavy atom. The van der Waals surface area contributed by atoms with Crippen LogP contribution in [0.5, 0.6) is 0 Å². The molecule has 1 amide bonds. The zero-order valence-corrected chi connectivity index (χ0v) is 10.8. The van der Waals surface area contributed by atoms with E-state index in [9.17, 15) is 4.79 Å². The highest BCUT2D eigenvalue weighted by Crippen LogP contribution is 2.18. The van der Waals surface area contributed by atoms with Crippen molar-refractivity contribution in [2.24, 2.45) is 5.92 Å². The highest BCUT2D eigenvalue weighted by molar-refractivity contribution is 6.09. The van der Waals surface area contributed by atoms with Crippen molar-refractivity contribution < 1.29 is 9.79 Å². The van der Waals surface area contributed by atoms with Crippen LogP contribution in [0.4, 0.5) is 0 Å². The Balaban J connectivity index is 2.47. The second kappa shape index (κ2) is 3.99. The minimum absolute atomic E-state index is 0.131. The molecule has 1 aromatic rings. The summed E-state index contributed by atoms with van der Waals surface area (Å²) in [5.74, 6) is 1.27. The number of hydrogen-bond acceptors (Lipinski definition) is 1. The number of likely N-dealkylation sites (N-methyl/N-ethyl adjacent to an activating group) is 1. The second-order valence-corrected chi connectivity index (χ2v) is 5.06. The van der Waals surface area contributed by atoms with Gasteiger partial charge in [-0.15, -0.1) is 0 Å². The number of rotatable bonds is 2. The molecule has 1 atom stereocenters. The zero-order valence-electron chi connectivity index (χ0n) is 10.8. The summed E-state index contributed by atoms with van der Waals surface area (Å²) in [6.07, 6.45) is 0. The first-order valence-electron chi connectivity index (χ1n) is 5.95. The van der Waals surface area contributed by atoms with Gasteiger partial charge in [-0.3, -0.25) is 4.99 Å². The predicted octanol–water partition coefficient (Wildman–Crippen LogP) is 0.400. The van der Waals surface area contributed by atoms with Crippen molar-refractivity contribution in [3.63, 3.8) is 0 Å². The summed E-state index contributed by atoms with van der Waals surface area (Å²) in [4.78, 5) is 17.4. The smallest absolute Gasteiger partial charge is 0.257 e. The lowest BCUT2D eigenvalue weighted by atomic mass is 9.89. The molecule has 17 heavy (non-hydrogen) atoms. The topological polar surface area (TPSA) is 34.3 Å². The standard InChI is InChI=1S/C14H18N2O/c1-10(2)14(3)13(17)16(4)12(15-14)11-8-6-5-7-9-11/h5-10H,1-4H3/p+1/t14-/m0/s1. The normalized spacial score (nSPS) is 24.4. The van der Waals surface area contributed by atoms with E-state index in [0.29, 0.717) is 0 Å². The number of amidine groups is 1. The molecule has 0 aliphatic carbocycles. The lowest BCUT2D eigenvalue weighted by molar-refractivity contribution is -0.533. The van der Waals surface area contributed by atoms with E-state index in [0.717, 1.165) is 11.4 Å². The van der Waals surface area contributed by atoms with Crippen molar-refractivity contribution >= 4 is 11.7 Å². The molecular weight excluding hydrogens is 212 g/mol. The average Bonchev–Trinajstić information content (AvgIpc) is 2.56. The average molecular weight is 231 g/mol. The maximum absolute atomic E-state index is 12.3. The van der Waals surface area contributed by atoms with Crippen LogP contribution in [-0.4, -0.2) is 29.2 Å². The molecule has 0 radical (unpaired) electrons. The first kappa shape index (κ1) is 11.8.